The van der Waals surface area contributed by atoms with E-state index in [9.17, 15) is 9.50 Å². The first-order valence-corrected chi connectivity index (χ1v) is 10.2. The first-order valence-electron chi connectivity index (χ1n) is 10.2. The summed E-state index contributed by atoms with van der Waals surface area (Å²) < 4.78 is 19.8. The van der Waals surface area contributed by atoms with E-state index in [1.807, 2.05) is 51.1 Å². The number of rotatable bonds is 9. The molecule has 0 fully saturated rings. The van der Waals surface area contributed by atoms with E-state index in [4.69, 9.17) is 4.74 Å². The molecule has 172 valence electrons. The van der Waals surface area contributed by atoms with Gasteiger partial charge in [-0.15, -0.1) is 24.0 Å². The number of benzene rings is 2. The summed E-state index contributed by atoms with van der Waals surface area (Å²) in [5, 5.41) is 16.8. The number of aliphatic hydroxyl groups is 1. The van der Waals surface area contributed by atoms with E-state index in [1.165, 1.54) is 6.07 Å². The van der Waals surface area contributed by atoms with Crippen molar-refractivity contribution in [3.63, 3.8) is 0 Å². The molecule has 6 nitrogen and oxygen atoms in total. The van der Waals surface area contributed by atoms with Crippen molar-refractivity contribution < 1.29 is 14.2 Å². The Balaban J connectivity index is 0.00000480. The number of nitrogens with zero attached hydrogens (tertiary/aromatic N) is 2. The molecule has 31 heavy (non-hydrogen) atoms. The second kappa shape index (κ2) is 13.4. The number of guanidine groups is 1. The van der Waals surface area contributed by atoms with E-state index < -0.39 is 6.10 Å². The first-order chi connectivity index (χ1) is 14.3. The van der Waals surface area contributed by atoms with Crippen molar-refractivity contribution in [1.29, 1.82) is 0 Å². The third-order valence-electron chi connectivity index (χ3n) is 4.36. The van der Waals surface area contributed by atoms with Crippen LogP contribution >= 0.6 is 24.0 Å². The monoisotopic (exact) mass is 544 g/mol. The highest BCUT2D eigenvalue weighted by atomic mass is 127. The number of aliphatic hydroxyl groups excluding tert-OH is 1. The lowest BCUT2D eigenvalue weighted by Gasteiger charge is -2.17. The SMILES string of the molecule is CCNC(=NCc1ccc(N(C)C)c(F)c1)NCC(O)c1ccc(OC(C)C)cc1.I. The van der Waals surface area contributed by atoms with Crippen molar-refractivity contribution in [3.05, 3.63) is 59.4 Å². The fraction of sp³-hybridized carbons (Fsp3) is 0.435. The molecule has 2 aromatic rings. The van der Waals surface area contributed by atoms with Gasteiger partial charge in [-0.05, 0) is 56.2 Å². The molecule has 0 aromatic heterocycles. The van der Waals surface area contributed by atoms with Crippen molar-refractivity contribution >= 4 is 35.6 Å². The number of anilines is 1. The fourth-order valence-corrected chi connectivity index (χ4v) is 2.88. The zero-order valence-corrected chi connectivity index (χ0v) is 21.2. The molecule has 0 bridgehead atoms. The number of halogens is 2. The van der Waals surface area contributed by atoms with E-state index in [2.05, 4.69) is 15.6 Å². The molecule has 1 atom stereocenters. The van der Waals surface area contributed by atoms with Gasteiger partial charge in [0.05, 0.1) is 24.4 Å². The molecule has 0 saturated carbocycles. The van der Waals surface area contributed by atoms with Gasteiger partial charge in [-0.3, -0.25) is 0 Å². The standard InChI is InChI=1S/C23H33FN4O2.HI/c1-6-25-23(26-14-17-7-12-21(28(4)5)20(24)13-17)27-15-22(29)18-8-10-19(11-9-18)30-16(2)3;/h7-13,16,22,29H,6,14-15H2,1-5H3,(H2,25,26,27);1H. The summed E-state index contributed by atoms with van der Waals surface area (Å²) in [5.74, 6) is 1.07. The minimum absolute atomic E-state index is 0. The molecule has 2 aromatic carbocycles. The smallest absolute Gasteiger partial charge is 0.191 e. The number of nitrogens with one attached hydrogen (secondary N) is 2. The highest BCUT2D eigenvalue weighted by Gasteiger charge is 2.10. The lowest BCUT2D eigenvalue weighted by molar-refractivity contribution is 0.180. The molecule has 0 spiro atoms. The molecule has 0 aliphatic rings. The van der Waals surface area contributed by atoms with Gasteiger partial charge in [0.15, 0.2) is 5.96 Å². The number of hydrogen-bond acceptors (Lipinski definition) is 4. The van der Waals surface area contributed by atoms with Crippen LogP contribution in [0, 0.1) is 5.82 Å². The van der Waals surface area contributed by atoms with Gasteiger partial charge < -0.3 is 25.4 Å². The minimum atomic E-state index is -0.696. The van der Waals surface area contributed by atoms with E-state index in [-0.39, 0.29) is 35.9 Å². The Labute approximate surface area is 201 Å². The number of hydrogen-bond donors (Lipinski definition) is 3. The zero-order valence-electron chi connectivity index (χ0n) is 18.9. The van der Waals surface area contributed by atoms with E-state index in [0.29, 0.717) is 31.3 Å². The molecule has 2 rings (SSSR count). The van der Waals surface area contributed by atoms with Crippen LogP contribution in [0.3, 0.4) is 0 Å². The summed E-state index contributed by atoms with van der Waals surface area (Å²) in [6, 6.07) is 12.5. The molecule has 0 amide bonds. The fourth-order valence-electron chi connectivity index (χ4n) is 2.88. The van der Waals surface area contributed by atoms with Gasteiger partial charge in [-0.1, -0.05) is 18.2 Å². The maximum absolute atomic E-state index is 14.1. The molecule has 0 heterocycles. The Kier molecular flexibility index (Phi) is 11.6. The number of ether oxygens (including phenoxy) is 1. The van der Waals surface area contributed by atoms with E-state index in [0.717, 1.165) is 16.9 Å². The normalized spacial score (nSPS) is 12.2. The maximum Gasteiger partial charge on any atom is 0.191 e. The summed E-state index contributed by atoms with van der Waals surface area (Å²) in [5.41, 5.74) is 2.10. The second-order valence-corrected chi connectivity index (χ2v) is 7.51. The van der Waals surface area contributed by atoms with Gasteiger partial charge in [0.1, 0.15) is 11.6 Å². The van der Waals surface area contributed by atoms with Crippen LogP contribution in [-0.2, 0) is 6.54 Å². The minimum Gasteiger partial charge on any atom is -0.491 e. The van der Waals surface area contributed by atoms with Crippen LogP contribution in [0.2, 0.25) is 0 Å². The quantitative estimate of drug-likeness (QED) is 0.252. The van der Waals surface area contributed by atoms with Crippen LogP contribution in [-0.4, -0.2) is 44.4 Å². The lowest BCUT2D eigenvalue weighted by Crippen LogP contribution is -2.39. The Bertz CT molecular complexity index is 829. The predicted molar refractivity (Wildman–Crippen MR) is 136 cm³/mol. The van der Waals surface area contributed by atoms with Crippen LogP contribution in [0.15, 0.2) is 47.5 Å². The van der Waals surface area contributed by atoms with Gasteiger partial charge in [0.2, 0.25) is 0 Å². The summed E-state index contributed by atoms with van der Waals surface area (Å²) in [4.78, 5) is 6.23. The van der Waals surface area contributed by atoms with Crippen molar-refractivity contribution in [2.24, 2.45) is 4.99 Å². The summed E-state index contributed by atoms with van der Waals surface area (Å²) in [7, 11) is 3.61. The van der Waals surface area contributed by atoms with Gasteiger partial charge in [-0.2, -0.15) is 0 Å². The van der Waals surface area contributed by atoms with Crippen LogP contribution in [0.1, 0.15) is 38.0 Å². The lowest BCUT2D eigenvalue weighted by atomic mass is 10.1. The molecule has 0 saturated heterocycles. The van der Waals surface area contributed by atoms with Gasteiger partial charge in [-0.25, -0.2) is 9.38 Å². The van der Waals surface area contributed by atoms with Crippen molar-refractivity contribution in [3.8, 4) is 5.75 Å². The van der Waals surface area contributed by atoms with Crippen molar-refractivity contribution in [2.75, 3.05) is 32.1 Å². The second-order valence-electron chi connectivity index (χ2n) is 7.51. The van der Waals surface area contributed by atoms with Crippen LogP contribution in [0.25, 0.3) is 0 Å². The molecular weight excluding hydrogens is 510 g/mol. The summed E-state index contributed by atoms with van der Waals surface area (Å²) >= 11 is 0. The predicted octanol–water partition coefficient (Wildman–Crippen LogP) is 4.09. The molecule has 0 aliphatic carbocycles. The van der Waals surface area contributed by atoms with E-state index in [1.54, 1.807) is 25.1 Å². The average molecular weight is 544 g/mol. The Morgan fingerprint density at radius 1 is 1.13 bits per heavy atom. The maximum atomic E-state index is 14.1. The third kappa shape index (κ3) is 8.90. The Morgan fingerprint density at radius 3 is 2.35 bits per heavy atom. The van der Waals surface area contributed by atoms with Crippen molar-refractivity contribution in [1.82, 2.24) is 10.6 Å². The van der Waals surface area contributed by atoms with Crippen LogP contribution in [0.5, 0.6) is 5.75 Å². The zero-order chi connectivity index (χ0) is 22.1. The topological polar surface area (TPSA) is 69.1 Å². The summed E-state index contributed by atoms with van der Waals surface area (Å²) in [6.07, 6.45) is -0.590. The van der Waals surface area contributed by atoms with Crippen molar-refractivity contribution in [2.45, 2.75) is 39.5 Å². The summed E-state index contributed by atoms with van der Waals surface area (Å²) in [6.45, 7) is 7.21. The average Bonchev–Trinajstić information content (AvgIpc) is 2.69. The number of aliphatic imine (C=N–C) groups is 1. The molecule has 8 heteroatoms. The molecule has 1 unspecified atom stereocenters. The molecular formula is C23H34FIN4O2. The molecule has 0 aliphatic heterocycles. The van der Waals surface area contributed by atoms with Gasteiger partial charge >= 0.3 is 0 Å². The van der Waals surface area contributed by atoms with Crippen LogP contribution < -0.4 is 20.3 Å². The van der Waals surface area contributed by atoms with Gasteiger partial charge in [0.25, 0.3) is 0 Å². The van der Waals surface area contributed by atoms with Gasteiger partial charge in [0, 0.05) is 27.2 Å². The first kappa shape index (κ1) is 27.0. The van der Waals surface area contributed by atoms with E-state index >= 15 is 0 Å². The highest BCUT2D eigenvalue weighted by molar-refractivity contribution is 14.0. The Morgan fingerprint density at radius 2 is 1.81 bits per heavy atom. The molecule has 3 N–H and O–H groups in total. The highest BCUT2D eigenvalue weighted by Crippen LogP contribution is 2.19. The Hall–Kier alpha value is -2.07. The third-order valence-corrected chi connectivity index (χ3v) is 4.36. The van der Waals surface area contributed by atoms with Crippen LogP contribution in [0.4, 0.5) is 10.1 Å². The largest absolute Gasteiger partial charge is 0.491 e. The molecule has 0 radical (unpaired) electrons.